The predicted molar refractivity (Wildman–Crippen MR) is 132 cm³/mol. The SMILES string of the molecule is CN=C(NC[C@H]1CCCN1CC(C)C)N1CCN(CC(=O)N2CCOCC2)CC1.I. The van der Waals surface area contributed by atoms with Gasteiger partial charge in [0.1, 0.15) is 0 Å². The molecule has 8 nitrogen and oxygen atoms in total. The van der Waals surface area contributed by atoms with Gasteiger partial charge in [-0.05, 0) is 25.3 Å². The summed E-state index contributed by atoms with van der Waals surface area (Å²) in [6.45, 7) is 14.9. The van der Waals surface area contributed by atoms with Crippen LogP contribution in [0.25, 0.3) is 0 Å². The third-order valence-corrected chi connectivity index (χ3v) is 6.20. The number of morpholine rings is 1. The zero-order chi connectivity index (χ0) is 20.6. The van der Waals surface area contributed by atoms with Gasteiger partial charge < -0.3 is 19.9 Å². The average molecular weight is 537 g/mol. The maximum absolute atomic E-state index is 12.5. The van der Waals surface area contributed by atoms with Gasteiger partial charge in [0.05, 0.1) is 19.8 Å². The van der Waals surface area contributed by atoms with Crippen molar-refractivity contribution in [3.05, 3.63) is 0 Å². The van der Waals surface area contributed by atoms with Crippen LogP contribution in [0, 0.1) is 5.92 Å². The van der Waals surface area contributed by atoms with Crippen molar-refractivity contribution >= 4 is 35.8 Å². The Morgan fingerprint density at radius 1 is 1.07 bits per heavy atom. The van der Waals surface area contributed by atoms with Gasteiger partial charge in [-0.1, -0.05) is 13.8 Å². The molecular formula is C21H41IN6O2. The van der Waals surface area contributed by atoms with E-state index in [2.05, 4.69) is 38.9 Å². The number of guanidine groups is 1. The van der Waals surface area contributed by atoms with Crippen LogP contribution in [-0.2, 0) is 9.53 Å². The number of carbonyl (C=O) groups is 1. The molecule has 3 rings (SSSR count). The van der Waals surface area contributed by atoms with E-state index < -0.39 is 0 Å². The summed E-state index contributed by atoms with van der Waals surface area (Å²) in [5.74, 6) is 1.94. The Morgan fingerprint density at radius 3 is 2.40 bits per heavy atom. The molecule has 3 aliphatic rings. The second-order valence-corrected chi connectivity index (χ2v) is 8.87. The summed E-state index contributed by atoms with van der Waals surface area (Å²) in [5, 5.41) is 3.62. The number of carbonyl (C=O) groups excluding carboxylic acids is 1. The maximum Gasteiger partial charge on any atom is 0.236 e. The predicted octanol–water partition coefficient (Wildman–Crippen LogP) is 0.777. The van der Waals surface area contributed by atoms with Crippen molar-refractivity contribution in [3.63, 3.8) is 0 Å². The molecule has 0 spiro atoms. The van der Waals surface area contributed by atoms with Crippen LogP contribution in [0.3, 0.4) is 0 Å². The molecule has 0 aromatic heterocycles. The molecule has 0 radical (unpaired) electrons. The Labute approximate surface area is 199 Å². The standard InChI is InChI=1S/C21H40N6O2.HI/c1-18(2)16-27-6-4-5-19(27)15-23-21(22-3)26-9-7-24(8-10-26)17-20(28)25-11-13-29-14-12-25;/h18-19H,4-17H2,1-3H3,(H,22,23);1H/t19-;/m1./s1. The summed E-state index contributed by atoms with van der Waals surface area (Å²) in [5.41, 5.74) is 0. The highest BCUT2D eigenvalue weighted by atomic mass is 127. The lowest BCUT2D eigenvalue weighted by Gasteiger charge is -2.38. The number of nitrogens with one attached hydrogen (secondary N) is 1. The minimum absolute atomic E-state index is 0. The molecule has 1 atom stereocenters. The molecule has 30 heavy (non-hydrogen) atoms. The summed E-state index contributed by atoms with van der Waals surface area (Å²) in [7, 11) is 1.87. The average Bonchev–Trinajstić information content (AvgIpc) is 3.16. The molecule has 0 aromatic carbocycles. The molecule has 3 saturated heterocycles. The van der Waals surface area contributed by atoms with E-state index in [9.17, 15) is 4.79 Å². The van der Waals surface area contributed by atoms with Gasteiger partial charge in [0.2, 0.25) is 5.91 Å². The summed E-state index contributed by atoms with van der Waals surface area (Å²) in [4.78, 5) is 26.1. The highest BCUT2D eigenvalue weighted by molar-refractivity contribution is 14.0. The fraction of sp³-hybridized carbons (Fsp3) is 0.905. The highest BCUT2D eigenvalue weighted by Crippen LogP contribution is 2.18. The van der Waals surface area contributed by atoms with Crippen molar-refractivity contribution in [2.75, 3.05) is 85.7 Å². The normalized spacial score (nSPS) is 24.3. The van der Waals surface area contributed by atoms with Crippen LogP contribution < -0.4 is 5.32 Å². The zero-order valence-corrected chi connectivity index (χ0v) is 21.3. The number of amides is 1. The van der Waals surface area contributed by atoms with E-state index in [1.165, 1.54) is 25.9 Å². The number of ether oxygens (including phenoxy) is 1. The fourth-order valence-electron chi connectivity index (χ4n) is 4.60. The number of likely N-dealkylation sites (tertiary alicyclic amines) is 1. The highest BCUT2D eigenvalue weighted by Gasteiger charge is 2.27. The third-order valence-electron chi connectivity index (χ3n) is 6.20. The molecule has 0 saturated carbocycles. The first-order valence-electron chi connectivity index (χ1n) is 11.3. The molecule has 3 heterocycles. The van der Waals surface area contributed by atoms with Crippen LogP contribution in [0.2, 0.25) is 0 Å². The van der Waals surface area contributed by atoms with E-state index in [0.717, 1.165) is 51.8 Å². The maximum atomic E-state index is 12.5. The number of hydrogen-bond acceptors (Lipinski definition) is 5. The Morgan fingerprint density at radius 2 is 1.77 bits per heavy atom. The lowest BCUT2D eigenvalue weighted by molar-refractivity contribution is -0.136. The molecule has 0 aliphatic carbocycles. The number of piperazine rings is 1. The number of nitrogens with zero attached hydrogens (tertiary/aromatic N) is 5. The minimum Gasteiger partial charge on any atom is -0.378 e. The first kappa shape index (κ1) is 25.6. The van der Waals surface area contributed by atoms with E-state index in [1.54, 1.807) is 0 Å². The molecule has 9 heteroatoms. The van der Waals surface area contributed by atoms with Crippen LogP contribution in [0.5, 0.6) is 0 Å². The van der Waals surface area contributed by atoms with Crippen molar-refractivity contribution in [3.8, 4) is 0 Å². The van der Waals surface area contributed by atoms with Gasteiger partial charge in [-0.15, -0.1) is 24.0 Å². The number of hydrogen-bond donors (Lipinski definition) is 1. The van der Waals surface area contributed by atoms with Gasteiger partial charge in [0.15, 0.2) is 5.96 Å². The van der Waals surface area contributed by atoms with Gasteiger partial charge in [-0.3, -0.25) is 19.6 Å². The first-order chi connectivity index (χ1) is 14.1. The molecule has 1 N–H and O–H groups in total. The number of rotatable bonds is 6. The summed E-state index contributed by atoms with van der Waals surface area (Å²) in [6, 6.07) is 0.613. The minimum atomic E-state index is 0. The molecule has 3 aliphatic heterocycles. The quantitative estimate of drug-likeness (QED) is 0.308. The van der Waals surface area contributed by atoms with Gasteiger partial charge in [0.25, 0.3) is 0 Å². The number of halogens is 1. The monoisotopic (exact) mass is 536 g/mol. The summed E-state index contributed by atoms with van der Waals surface area (Å²) in [6.07, 6.45) is 2.57. The molecule has 0 unspecified atom stereocenters. The van der Waals surface area contributed by atoms with Gasteiger partial charge in [-0.25, -0.2) is 0 Å². The van der Waals surface area contributed by atoms with Gasteiger partial charge >= 0.3 is 0 Å². The molecular weight excluding hydrogens is 495 g/mol. The Balaban J connectivity index is 0.00000320. The smallest absolute Gasteiger partial charge is 0.236 e. The van der Waals surface area contributed by atoms with E-state index in [0.29, 0.717) is 31.7 Å². The van der Waals surface area contributed by atoms with E-state index >= 15 is 0 Å². The van der Waals surface area contributed by atoms with Crippen LogP contribution in [0.4, 0.5) is 0 Å². The van der Waals surface area contributed by atoms with E-state index in [1.807, 2.05) is 11.9 Å². The first-order valence-corrected chi connectivity index (χ1v) is 11.3. The number of aliphatic imine (C=N–C) groups is 1. The van der Waals surface area contributed by atoms with Gasteiger partial charge in [-0.2, -0.15) is 0 Å². The van der Waals surface area contributed by atoms with Crippen LogP contribution in [0.1, 0.15) is 26.7 Å². The van der Waals surface area contributed by atoms with Crippen molar-refractivity contribution in [2.45, 2.75) is 32.7 Å². The zero-order valence-electron chi connectivity index (χ0n) is 19.0. The fourth-order valence-corrected chi connectivity index (χ4v) is 4.60. The van der Waals surface area contributed by atoms with Crippen molar-refractivity contribution in [2.24, 2.45) is 10.9 Å². The molecule has 1 amide bonds. The van der Waals surface area contributed by atoms with Crippen LogP contribution in [-0.4, -0.2) is 123 Å². The Bertz CT molecular complexity index is 548. The summed E-state index contributed by atoms with van der Waals surface area (Å²) >= 11 is 0. The Hall–Kier alpha value is -0.650. The lowest BCUT2D eigenvalue weighted by Crippen LogP contribution is -2.55. The van der Waals surface area contributed by atoms with Gasteiger partial charge in [0, 0.05) is 65.4 Å². The van der Waals surface area contributed by atoms with Crippen LogP contribution in [0.15, 0.2) is 4.99 Å². The van der Waals surface area contributed by atoms with E-state index in [-0.39, 0.29) is 29.9 Å². The Kier molecular flexibility index (Phi) is 11.1. The largest absolute Gasteiger partial charge is 0.378 e. The van der Waals surface area contributed by atoms with Crippen LogP contribution >= 0.6 is 24.0 Å². The third kappa shape index (κ3) is 7.49. The molecule has 0 bridgehead atoms. The summed E-state index contributed by atoms with van der Waals surface area (Å²) < 4.78 is 5.34. The lowest BCUT2D eigenvalue weighted by atomic mass is 10.1. The molecule has 3 fully saturated rings. The van der Waals surface area contributed by atoms with E-state index in [4.69, 9.17) is 4.74 Å². The van der Waals surface area contributed by atoms with Crippen molar-refractivity contribution in [1.29, 1.82) is 0 Å². The van der Waals surface area contributed by atoms with Crippen molar-refractivity contribution < 1.29 is 9.53 Å². The topological polar surface area (TPSA) is 63.7 Å². The second kappa shape index (κ2) is 13.0. The molecule has 174 valence electrons. The molecule has 0 aromatic rings. The van der Waals surface area contributed by atoms with Crippen molar-refractivity contribution in [1.82, 2.24) is 24.9 Å². The second-order valence-electron chi connectivity index (χ2n) is 8.87.